The van der Waals surface area contributed by atoms with Crippen molar-refractivity contribution < 1.29 is 14.7 Å². The molecule has 0 radical (unpaired) electrons. The lowest BCUT2D eigenvalue weighted by Crippen LogP contribution is -2.13. The molecule has 0 rings (SSSR count). The molecule has 0 aliphatic heterocycles. The zero-order valence-corrected chi connectivity index (χ0v) is 9.08. The van der Waals surface area contributed by atoms with Gasteiger partial charge < -0.3 is 5.11 Å². The Labute approximate surface area is 85.5 Å². The topological polar surface area (TPSA) is 54.4 Å². The molecule has 0 saturated heterocycles. The van der Waals surface area contributed by atoms with E-state index in [4.69, 9.17) is 5.11 Å². The summed E-state index contributed by atoms with van der Waals surface area (Å²) in [5, 5.41) is 8.84. The summed E-state index contributed by atoms with van der Waals surface area (Å²) in [4.78, 5) is 21.7. The summed E-state index contributed by atoms with van der Waals surface area (Å²) >= 11 is 0. The van der Waals surface area contributed by atoms with Crippen LogP contribution in [-0.2, 0) is 9.59 Å². The highest BCUT2D eigenvalue weighted by Crippen LogP contribution is 2.15. The SMILES string of the molecule is CCCC(CCCC(=O)CC)C(=O)O. The molecule has 0 fully saturated rings. The van der Waals surface area contributed by atoms with Gasteiger partial charge in [-0.15, -0.1) is 0 Å². The second-order valence-electron chi connectivity index (χ2n) is 3.61. The van der Waals surface area contributed by atoms with Crippen molar-refractivity contribution in [1.82, 2.24) is 0 Å². The Morgan fingerprint density at radius 3 is 2.29 bits per heavy atom. The third-order valence-corrected chi connectivity index (χ3v) is 2.39. The molecule has 0 spiro atoms. The average Bonchev–Trinajstić information content (AvgIpc) is 2.16. The molecule has 0 bridgehead atoms. The predicted octanol–water partition coefficient (Wildman–Crippen LogP) is 2.64. The number of carbonyl (C=O) groups is 2. The van der Waals surface area contributed by atoms with Crippen molar-refractivity contribution >= 4 is 11.8 Å². The zero-order valence-electron chi connectivity index (χ0n) is 9.08. The number of rotatable bonds is 8. The summed E-state index contributed by atoms with van der Waals surface area (Å²) in [6.45, 7) is 3.82. The third-order valence-electron chi connectivity index (χ3n) is 2.39. The number of Topliss-reactive ketones (excluding diaryl/α,β-unsaturated/α-hetero) is 1. The molecule has 0 heterocycles. The molecular weight excluding hydrogens is 180 g/mol. The molecule has 0 aliphatic rings. The summed E-state index contributed by atoms with van der Waals surface area (Å²) in [6, 6.07) is 0. The quantitative estimate of drug-likeness (QED) is 0.655. The molecular formula is C11H20O3. The van der Waals surface area contributed by atoms with Crippen molar-refractivity contribution in [3.05, 3.63) is 0 Å². The fourth-order valence-corrected chi connectivity index (χ4v) is 1.46. The average molecular weight is 200 g/mol. The lowest BCUT2D eigenvalue weighted by atomic mass is 9.96. The van der Waals surface area contributed by atoms with E-state index in [2.05, 4.69) is 0 Å². The van der Waals surface area contributed by atoms with Crippen LogP contribution < -0.4 is 0 Å². The molecule has 0 amide bonds. The van der Waals surface area contributed by atoms with Crippen molar-refractivity contribution in [3.8, 4) is 0 Å². The van der Waals surface area contributed by atoms with Crippen molar-refractivity contribution in [1.29, 1.82) is 0 Å². The van der Waals surface area contributed by atoms with Crippen LogP contribution in [-0.4, -0.2) is 16.9 Å². The molecule has 0 aromatic heterocycles. The molecule has 3 heteroatoms. The van der Waals surface area contributed by atoms with Crippen molar-refractivity contribution in [2.75, 3.05) is 0 Å². The van der Waals surface area contributed by atoms with Crippen LogP contribution >= 0.6 is 0 Å². The Kier molecular flexibility index (Phi) is 7.07. The largest absolute Gasteiger partial charge is 0.481 e. The molecule has 3 nitrogen and oxygen atoms in total. The standard InChI is InChI=1S/C11H20O3/c1-3-6-9(11(13)14)7-5-8-10(12)4-2/h9H,3-8H2,1-2H3,(H,13,14). The van der Waals surface area contributed by atoms with Gasteiger partial charge in [-0.05, 0) is 19.3 Å². The number of hydrogen-bond acceptors (Lipinski definition) is 2. The van der Waals surface area contributed by atoms with E-state index in [-0.39, 0.29) is 11.7 Å². The lowest BCUT2D eigenvalue weighted by molar-refractivity contribution is -0.142. The van der Waals surface area contributed by atoms with E-state index < -0.39 is 5.97 Å². The third kappa shape index (κ3) is 5.73. The first-order valence-corrected chi connectivity index (χ1v) is 5.36. The minimum absolute atomic E-state index is 0.227. The number of hydrogen-bond donors (Lipinski definition) is 1. The highest BCUT2D eigenvalue weighted by molar-refractivity contribution is 5.78. The lowest BCUT2D eigenvalue weighted by Gasteiger charge is -2.09. The van der Waals surface area contributed by atoms with Gasteiger partial charge in [0.05, 0.1) is 5.92 Å². The van der Waals surface area contributed by atoms with Crippen LogP contribution in [0.5, 0.6) is 0 Å². The first-order valence-electron chi connectivity index (χ1n) is 5.36. The van der Waals surface area contributed by atoms with Gasteiger partial charge in [0, 0.05) is 12.8 Å². The summed E-state index contributed by atoms with van der Waals surface area (Å²) < 4.78 is 0. The van der Waals surface area contributed by atoms with E-state index in [9.17, 15) is 9.59 Å². The van der Waals surface area contributed by atoms with Gasteiger partial charge in [-0.25, -0.2) is 0 Å². The van der Waals surface area contributed by atoms with Crippen LogP contribution in [0.15, 0.2) is 0 Å². The van der Waals surface area contributed by atoms with Crippen molar-refractivity contribution in [2.24, 2.45) is 5.92 Å². The monoisotopic (exact) mass is 200 g/mol. The van der Waals surface area contributed by atoms with Gasteiger partial charge in [0.25, 0.3) is 0 Å². The Hall–Kier alpha value is -0.860. The highest BCUT2D eigenvalue weighted by Gasteiger charge is 2.15. The maximum absolute atomic E-state index is 11.0. The Morgan fingerprint density at radius 1 is 1.21 bits per heavy atom. The number of aliphatic carboxylic acids is 1. The van der Waals surface area contributed by atoms with Crippen LogP contribution in [0.2, 0.25) is 0 Å². The fourth-order valence-electron chi connectivity index (χ4n) is 1.46. The highest BCUT2D eigenvalue weighted by atomic mass is 16.4. The maximum atomic E-state index is 11.0. The summed E-state index contributed by atoms with van der Waals surface area (Å²) in [6.07, 6.45) is 4.04. The minimum Gasteiger partial charge on any atom is -0.481 e. The van der Waals surface area contributed by atoms with Gasteiger partial charge in [-0.2, -0.15) is 0 Å². The molecule has 0 saturated carbocycles. The van der Waals surface area contributed by atoms with Crippen molar-refractivity contribution in [3.63, 3.8) is 0 Å². The van der Waals surface area contributed by atoms with E-state index in [1.165, 1.54) is 0 Å². The van der Waals surface area contributed by atoms with Gasteiger partial charge in [-0.3, -0.25) is 9.59 Å². The summed E-state index contributed by atoms with van der Waals surface area (Å²) in [7, 11) is 0. The molecule has 14 heavy (non-hydrogen) atoms. The number of carboxylic acids is 1. The van der Waals surface area contributed by atoms with Gasteiger partial charge in [0.2, 0.25) is 0 Å². The van der Waals surface area contributed by atoms with Crippen LogP contribution in [0.3, 0.4) is 0 Å². The fraction of sp³-hybridized carbons (Fsp3) is 0.818. The van der Waals surface area contributed by atoms with E-state index in [1.807, 2.05) is 13.8 Å². The normalized spacial score (nSPS) is 12.4. The van der Waals surface area contributed by atoms with Crippen LogP contribution in [0, 0.1) is 5.92 Å². The van der Waals surface area contributed by atoms with Gasteiger partial charge in [0.1, 0.15) is 5.78 Å². The minimum atomic E-state index is -0.726. The zero-order chi connectivity index (χ0) is 11.0. The van der Waals surface area contributed by atoms with Gasteiger partial charge in [-0.1, -0.05) is 20.3 Å². The Morgan fingerprint density at radius 2 is 1.86 bits per heavy atom. The van der Waals surface area contributed by atoms with E-state index in [0.717, 1.165) is 12.8 Å². The molecule has 0 aromatic carbocycles. The Balaban J connectivity index is 3.71. The smallest absolute Gasteiger partial charge is 0.306 e. The second kappa shape index (κ2) is 7.54. The number of ketones is 1. The van der Waals surface area contributed by atoms with Gasteiger partial charge >= 0.3 is 5.97 Å². The summed E-state index contributed by atoms with van der Waals surface area (Å²) in [5.74, 6) is -0.758. The van der Waals surface area contributed by atoms with E-state index in [0.29, 0.717) is 25.7 Å². The molecule has 1 N–H and O–H groups in total. The first-order chi connectivity index (χ1) is 6.61. The van der Waals surface area contributed by atoms with E-state index in [1.54, 1.807) is 0 Å². The Bertz CT molecular complexity index is 187. The van der Waals surface area contributed by atoms with Gasteiger partial charge in [0.15, 0.2) is 0 Å². The van der Waals surface area contributed by atoms with Crippen LogP contribution in [0.1, 0.15) is 52.4 Å². The maximum Gasteiger partial charge on any atom is 0.306 e. The molecule has 0 aromatic rings. The predicted molar refractivity (Wildman–Crippen MR) is 55.2 cm³/mol. The van der Waals surface area contributed by atoms with Crippen LogP contribution in [0.25, 0.3) is 0 Å². The first kappa shape index (κ1) is 13.1. The second-order valence-corrected chi connectivity index (χ2v) is 3.61. The molecule has 0 aliphatic carbocycles. The van der Waals surface area contributed by atoms with E-state index >= 15 is 0 Å². The van der Waals surface area contributed by atoms with Crippen molar-refractivity contribution in [2.45, 2.75) is 52.4 Å². The number of carboxylic acid groups (broad SMARTS) is 1. The molecule has 1 atom stereocenters. The van der Waals surface area contributed by atoms with Crippen LogP contribution in [0.4, 0.5) is 0 Å². The molecule has 1 unspecified atom stereocenters. The molecule has 82 valence electrons. The number of carbonyl (C=O) groups excluding carboxylic acids is 1. The summed E-state index contributed by atoms with van der Waals surface area (Å²) in [5.41, 5.74) is 0.